The van der Waals surface area contributed by atoms with E-state index in [1.807, 2.05) is 0 Å². The average Bonchev–Trinajstić information content (AvgIpc) is 3.49. The van der Waals surface area contributed by atoms with Crippen LogP contribution < -0.4 is 9.64 Å². The highest BCUT2D eigenvalue weighted by Crippen LogP contribution is 2.66. The Morgan fingerprint density at radius 3 is 1.54 bits per heavy atom. The van der Waals surface area contributed by atoms with Crippen LogP contribution in [0.2, 0.25) is 0 Å². The Balaban J connectivity index is 1.40. The number of aromatic nitrogens is 1. The maximum absolute atomic E-state index is 6.71. The number of pyridine rings is 1. The Hall–Kier alpha value is -6.45. The number of nitrogens with zero attached hydrogens (tertiary/aromatic N) is 2. The maximum atomic E-state index is 6.71. The monoisotopic (exact) mass is 666 g/mol. The van der Waals surface area contributed by atoms with Gasteiger partial charge >= 0.3 is 0 Å². The number of benzene rings is 7. The van der Waals surface area contributed by atoms with Crippen LogP contribution in [-0.2, 0) is 11.0 Å². The lowest BCUT2D eigenvalue weighted by Gasteiger charge is -2.55. The minimum Gasteiger partial charge on any atom is -0.453 e. The van der Waals surface area contributed by atoms with Crippen molar-refractivity contribution in [3.05, 3.63) is 220 Å². The summed E-state index contributed by atoms with van der Waals surface area (Å²) in [6.07, 6.45) is 2.07. The molecule has 0 unspecified atom stereocenters. The summed E-state index contributed by atoms with van der Waals surface area (Å²) >= 11 is 0. The zero-order chi connectivity index (χ0) is 34.6. The van der Waals surface area contributed by atoms with Gasteiger partial charge in [-0.3, -0.25) is 4.98 Å². The van der Waals surface area contributed by atoms with Gasteiger partial charge in [0.2, 0.25) is 0 Å². The molecule has 0 saturated carbocycles. The minimum absolute atomic E-state index is 0.550. The number of para-hydroxylation sites is 4. The largest absolute Gasteiger partial charge is 0.453 e. The SMILES string of the molecule is Cc1ccc2c(C)cnc(C3(N4c5ccccc5Oc5ccccc54)c4ccccc4C4(c5ccccc5-c5ccccc54)c4ccccc43)c2c1. The molecule has 1 spiro atoms. The van der Waals surface area contributed by atoms with E-state index < -0.39 is 11.0 Å². The van der Waals surface area contributed by atoms with Gasteiger partial charge in [-0.1, -0.05) is 139 Å². The van der Waals surface area contributed by atoms with E-state index in [9.17, 15) is 0 Å². The molecule has 3 nitrogen and oxygen atoms in total. The zero-order valence-corrected chi connectivity index (χ0v) is 29.0. The highest BCUT2D eigenvalue weighted by Gasteiger charge is 2.60. The molecule has 0 saturated heterocycles. The Kier molecular flexibility index (Phi) is 5.94. The van der Waals surface area contributed by atoms with Gasteiger partial charge < -0.3 is 9.64 Å². The van der Waals surface area contributed by atoms with Gasteiger partial charge in [0.05, 0.1) is 22.5 Å². The molecule has 1 aromatic heterocycles. The predicted molar refractivity (Wildman–Crippen MR) is 210 cm³/mol. The normalized spacial score (nSPS) is 15.2. The molecule has 2 aliphatic carbocycles. The smallest absolute Gasteiger partial charge is 0.151 e. The maximum Gasteiger partial charge on any atom is 0.151 e. The first-order chi connectivity index (χ1) is 25.6. The van der Waals surface area contributed by atoms with E-state index in [-0.39, 0.29) is 0 Å². The van der Waals surface area contributed by atoms with Crippen molar-refractivity contribution in [2.75, 3.05) is 4.90 Å². The van der Waals surface area contributed by atoms with Crippen molar-refractivity contribution < 1.29 is 4.74 Å². The molecular weight excluding hydrogens is 633 g/mol. The van der Waals surface area contributed by atoms with E-state index in [4.69, 9.17) is 9.72 Å². The van der Waals surface area contributed by atoms with Crippen molar-refractivity contribution in [1.29, 1.82) is 0 Å². The summed E-state index contributed by atoms with van der Waals surface area (Å²) in [6.45, 7) is 4.35. The van der Waals surface area contributed by atoms with E-state index in [1.165, 1.54) is 55.5 Å². The van der Waals surface area contributed by atoms with E-state index in [2.05, 4.69) is 189 Å². The number of ether oxygens (including phenoxy) is 1. The standard InChI is InChI=1S/C49H34N2O/c1-31-27-28-33-32(2)30-50-47(36(33)29-31)49(51-43-23-11-13-25-45(43)52-46-26-14-12-24-44(46)51)41-21-9-7-19-39(41)48(40-20-8-10-22-42(40)49)37-17-5-3-15-34(37)35-16-4-6-18-38(35)48/h3-30H,1-2H3. The van der Waals surface area contributed by atoms with Crippen molar-refractivity contribution >= 4 is 22.1 Å². The van der Waals surface area contributed by atoms with Gasteiger partial charge in [-0.15, -0.1) is 0 Å². The number of hydrogen-bond donors (Lipinski definition) is 0. The molecule has 3 heteroatoms. The summed E-state index contributed by atoms with van der Waals surface area (Å²) in [5.41, 5.74) is 14.0. The summed E-state index contributed by atoms with van der Waals surface area (Å²) in [6, 6.07) is 60.1. The second kappa shape index (κ2) is 10.5. The molecule has 0 atom stereocenters. The van der Waals surface area contributed by atoms with Crippen LogP contribution in [0.4, 0.5) is 11.4 Å². The molecule has 8 aromatic rings. The Morgan fingerprint density at radius 1 is 0.481 bits per heavy atom. The first-order valence-corrected chi connectivity index (χ1v) is 18.1. The summed E-state index contributed by atoms with van der Waals surface area (Å²) in [7, 11) is 0. The molecular formula is C49H34N2O. The van der Waals surface area contributed by atoms with Crippen LogP contribution >= 0.6 is 0 Å². The summed E-state index contributed by atoms with van der Waals surface area (Å²) in [5.74, 6) is 1.64. The highest BCUT2D eigenvalue weighted by molar-refractivity contribution is 5.96. The number of fused-ring (bicyclic) bond motifs is 12. The fraction of sp³-hybridized carbons (Fsp3) is 0.0816. The first-order valence-electron chi connectivity index (χ1n) is 18.1. The Morgan fingerprint density at radius 2 is 0.962 bits per heavy atom. The molecule has 11 rings (SSSR count). The fourth-order valence-corrected chi connectivity index (χ4v) is 9.81. The number of rotatable bonds is 2. The predicted octanol–water partition coefficient (Wildman–Crippen LogP) is 11.8. The van der Waals surface area contributed by atoms with E-state index in [0.717, 1.165) is 39.5 Å². The third-order valence-electron chi connectivity index (χ3n) is 11.7. The van der Waals surface area contributed by atoms with Gasteiger partial charge in [0.25, 0.3) is 0 Å². The lowest BCUT2D eigenvalue weighted by atomic mass is 9.55. The van der Waals surface area contributed by atoms with Crippen LogP contribution in [0.3, 0.4) is 0 Å². The van der Waals surface area contributed by atoms with Gasteiger partial charge in [-0.05, 0) is 99.6 Å². The quantitative estimate of drug-likeness (QED) is 0.184. The minimum atomic E-state index is -0.916. The van der Waals surface area contributed by atoms with Crippen molar-refractivity contribution in [2.45, 2.75) is 24.8 Å². The van der Waals surface area contributed by atoms with Crippen LogP contribution in [0, 0.1) is 13.8 Å². The summed E-state index contributed by atoms with van der Waals surface area (Å²) in [5, 5.41) is 2.35. The van der Waals surface area contributed by atoms with Gasteiger partial charge in [-0.25, -0.2) is 0 Å². The van der Waals surface area contributed by atoms with Crippen LogP contribution in [-0.4, -0.2) is 4.98 Å². The van der Waals surface area contributed by atoms with Crippen LogP contribution in [0.5, 0.6) is 11.5 Å². The van der Waals surface area contributed by atoms with Gasteiger partial charge in [-0.2, -0.15) is 0 Å². The number of aryl methyl sites for hydroxylation is 2. The summed E-state index contributed by atoms with van der Waals surface area (Å²) in [4.78, 5) is 8.12. The van der Waals surface area contributed by atoms with Crippen molar-refractivity contribution in [3.63, 3.8) is 0 Å². The van der Waals surface area contributed by atoms with Crippen molar-refractivity contribution in [1.82, 2.24) is 4.98 Å². The topological polar surface area (TPSA) is 25.4 Å². The van der Waals surface area contributed by atoms with Crippen LogP contribution in [0.25, 0.3) is 21.9 Å². The molecule has 246 valence electrons. The molecule has 3 aliphatic rings. The van der Waals surface area contributed by atoms with E-state index in [1.54, 1.807) is 0 Å². The van der Waals surface area contributed by atoms with E-state index >= 15 is 0 Å². The third kappa shape index (κ3) is 3.53. The molecule has 52 heavy (non-hydrogen) atoms. The van der Waals surface area contributed by atoms with Crippen LogP contribution in [0.1, 0.15) is 50.2 Å². The van der Waals surface area contributed by atoms with Crippen molar-refractivity contribution in [2.24, 2.45) is 0 Å². The Bertz CT molecular complexity index is 2640. The van der Waals surface area contributed by atoms with Crippen LogP contribution in [0.15, 0.2) is 170 Å². The van der Waals surface area contributed by atoms with Crippen molar-refractivity contribution in [3.8, 4) is 22.6 Å². The first kappa shape index (κ1) is 29.3. The molecule has 1 aliphatic heterocycles. The molecule has 0 N–H and O–H groups in total. The third-order valence-corrected chi connectivity index (χ3v) is 11.7. The fourth-order valence-electron chi connectivity index (χ4n) is 9.81. The summed E-state index contributed by atoms with van der Waals surface area (Å²) < 4.78 is 6.71. The molecule has 0 amide bonds. The van der Waals surface area contributed by atoms with E-state index in [0.29, 0.717) is 0 Å². The highest BCUT2D eigenvalue weighted by atomic mass is 16.5. The van der Waals surface area contributed by atoms with Gasteiger partial charge in [0, 0.05) is 11.6 Å². The van der Waals surface area contributed by atoms with Gasteiger partial charge in [0.15, 0.2) is 11.5 Å². The molecule has 0 bridgehead atoms. The molecule has 7 aromatic carbocycles. The molecule has 0 fully saturated rings. The lowest BCUT2D eigenvalue weighted by Crippen LogP contribution is -2.53. The van der Waals surface area contributed by atoms with Gasteiger partial charge in [0.1, 0.15) is 5.54 Å². The second-order valence-corrected chi connectivity index (χ2v) is 14.4. The number of hydrogen-bond acceptors (Lipinski definition) is 3. The zero-order valence-electron chi connectivity index (χ0n) is 29.0. The average molecular weight is 667 g/mol. The molecule has 2 heterocycles. The molecule has 0 radical (unpaired) electrons. The lowest BCUT2D eigenvalue weighted by molar-refractivity contribution is 0.453. The second-order valence-electron chi connectivity index (χ2n) is 14.4. The number of anilines is 2. The Labute approximate surface area is 303 Å².